The van der Waals surface area contributed by atoms with Crippen molar-refractivity contribution >= 4 is 23.6 Å². The Balaban J connectivity index is 2.45. The fourth-order valence-electron chi connectivity index (χ4n) is 2.71. The molecule has 0 bridgehead atoms. The monoisotopic (exact) mass is 333 g/mol. The SMILES string of the molecule is CCOC(=O)[C@H]1C(=O)CC[C@@H](C(=O)OC)N1C(=O)c1ccccc1. The number of hydrogen-bond acceptors (Lipinski definition) is 6. The van der Waals surface area contributed by atoms with Crippen LogP contribution in [-0.4, -0.2) is 54.3 Å². The Kier molecular flexibility index (Phi) is 5.68. The predicted octanol–water partition coefficient (Wildman–Crippen LogP) is 0.965. The van der Waals surface area contributed by atoms with Crippen LogP contribution < -0.4 is 0 Å². The van der Waals surface area contributed by atoms with Gasteiger partial charge in [0.15, 0.2) is 11.8 Å². The van der Waals surface area contributed by atoms with Crippen molar-refractivity contribution in [3.63, 3.8) is 0 Å². The van der Waals surface area contributed by atoms with Crippen LogP contribution in [0, 0.1) is 0 Å². The molecule has 0 radical (unpaired) electrons. The normalized spacial score (nSPS) is 20.4. The summed E-state index contributed by atoms with van der Waals surface area (Å²) in [6.07, 6.45) is 0.113. The zero-order valence-corrected chi connectivity index (χ0v) is 13.6. The van der Waals surface area contributed by atoms with Crippen molar-refractivity contribution in [3.05, 3.63) is 35.9 Å². The van der Waals surface area contributed by atoms with Gasteiger partial charge in [-0.1, -0.05) is 18.2 Å². The number of methoxy groups -OCH3 is 1. The molecule has 1 heterocycles. The van der Waals surface area contributed by atoms with E-state index in [1.54, 1.807) is 37.3 Å². The first-order valence-corrected chi connectivity index (χ1v) is 7.66. The van der Waals surface area contributed by atoms with E-state index in [4.69, 9.17) is 9.47 Å². The van der Waals surface area contributed by atoms with Crippen molar-refractivity contribution in [1.82, 2.24) is 4.90 Å². The highest BCUT2D eigenvalue weighted by Gasteiger charge is 2.47. The smallest absolute Gasteiger partial charge is 0.336 e. The van der Waals surface area contributed by atoms with Gasteiger partial charge in [-0.15, -0.1) is 0 Å². The fourth-order valence-corrected chi connectivity index (χ4v) is 2.71. The molecule has 7 nitrogen and oxygen atoms in total. The Hall–Kier alpha value is -2.70. The standard InChI is InChI=1S/C17H19NO6/c1-3-24-17(22)14-13(19)10-9-12(16(21)23-2)18(14)15(20)11-7-5-4-6-8-11/h4-8,12,14H,3,9-10H2,1-2H3/t12-,14+/m0/s1. The highest BCUT2D eigenvalue weighted by Crippen LogP contribution is 2.25. The lowest BCUT2D eigenvalue weighted by atomic mass is 9.93. The Morgan fingerprint density at radius 1 is 1.17 bits per heavy atom. The van der Waals surface area contributed by atoms with E-state index < -0.39 is 35.7 Å². The van der Waals surface area contributed by atoms with Crippen molar-refractivity contribution in [2.75, 3.05) is 13.7 Å². The Morgan fingerprint density at radius 3 is 2.42 bits per heavy atom. The number of amides is 1. The molecule has 0 aromatic heterocycles. The highest BCUT2D eigenvalue weighted by atomic mass is 16.5. The van der Waals surface area contributed by atoms with Crippen molar-refractivity contribution < 1.29 is 28.7 Å². The van der Waals surface area contributed by atoms with Gasteiger partial charge < -0.3 is 14.4 Å². The molecule has 0 spiro atoms. The van der Waals surface area contributed by atoms with Crippen molar-refractivity contribution in [2.45, 2.75) is 31.8 Å². The molecule has 1 aliphatic rings. The molecule has 0 aliphatic carbocycles. The lowest BCUT2D eigenvalue weighted by Crippen LogP contribution is -2.60. The Morgan fingerprint density at radius 2 is 1.83 bits per heavy atom. The third-order valence-electron chi connectivity index (χ3n) is 3.82. The quantitative estimate of drug-likeness (QED) is 0.602. The number of carbonyl (C=O) groups is 4. The number of Topliss-reactive ketones (excluding diaryl/α,β-unsaturated/α-hetero) is 1. The van der Waals surface area contributed by atoms with E-state index >= 15 is 0 Å². The molecule has 24 heavy (non-hydrogen) atoms. The van der Waals surface area contributed by atoms with Gasteiger partial charge in [0, 0.05) is 12.0 Å². The molecule has 7 heteroatoms. The largest absolute Gasteiger partial charge is 0.467 e. The second kappa shape index (κ2) is 7.72. The van der Waals surface area contributed by atoms with E-state index in [9.17, 15) is 19.2 Å². The van der Waals surface area contributed by atoms with E-state index in [-0.39, 0.29) is 25.0 Å². The molecule has 1 fully saturated rings. The van der Waals surface area contributed by atoms with Gasteiger partial charge in [0.05, 0.1) is 13.7 Å². The number of likely N-dealkylation sites (tertiary alicyclic amines) is 1. The van der Waals surface area contributed by atoms with Gasteiger partial charge in [0.1, 0.15) is 6.04 Å². The number of ketones is 1. The van der Waals surface area contributed by atoms with E-state index in [2.05, 4.69) is 0 Å². The van der Waals surface area contributed by atoms with Crippen LogP contribution in [0.5, 0.6) is 0 Å². The lowest BCUT2D eigenvalue weighted by molar-refractivity contribution is -0.159. The van der Waals surface area contributed by atoms with Crippen LogP contribution in [0.15, 0.2) is 30.3 Å². The fraction of sp³-hybridized carbons (Fsp3) is 0.412. The maximum absolute atomic E-state index is 12.9. The molecule has 0 unspecified atom stereocenters. The van der Waals surface area contributed by atoms with Crippen LogP contribution in [-0.2, 0) is 23.9 Å². The minimum Gasteiger partial charge on any atom is -0.467 e. The Bertz CT molecular complexity index is 642. The number of nitrogens with zero attached hydrogens (tertiary/aromatic N) is 1. The van der Waals surface area contributed by atoms with Crippen molar-refractivity contribution in [3.8, 4) is 0 Å². The first-order valence-electron chi connectivity index (χ1n) is 7.66. The maximum atomic E-state index is 12.9. The van der Waals surface area contributed by atoms with E-state index in [0.717, 1.165) is 4.90 Å². The summed E-state index contributed by atoms with van der Waals surface area (Å²) < 4.78 is 9.66. The van der Waals surface area contributed by atoms with Gasteiger partial charge in [0.2, 0.25) is 0 Å². The third kappa shape index (κ3) is 3.45. The molecule has 128 valence electrons. The summed E-state index contributed by atoms with van der Waals surface area (Å²) in [4.78, 5) is 50.4. The van der Waals surface area contributed by atoms with Crippen LogP contribution in [0.2, 0.25) is 0 Å². The summed E-state index contributed by atoms with van der Waals surface area (Å²) in [6.45, 7) is 1.67. The molecule has 0 saturated carbocycles. The van der Waals surface area contributed by atoms with Gasteiger partial charge in [-0.05, 0) is 25.5 Å². The first-order chi connectivity index (χ1) is 11.5. The lowest BCUT2D eigenvalue weighted by Gasteiger charge is -2.38. The number of esters is 2. The Labute approximate surface area is 139 Å². The summed E-state index contributed by atoms with van der Waals surface area (Å²) in [5, 5.41) is 0. The zero-order valence-electron chi connectivity index (χ0n) is 13.6. The molecule has 1 aromatic rings. The van der Waals surface area contributed by atoms with Gasteiger partial charge in [-0.3, -0.25) is 9.59 Å². The minimum absolute atomic E-state index is 0.00180. The number of benzene rings is 1. The van der Waals surface area contributed by atoms with Crippen LogP contribution in [0.4, 0.5) is 0 Å². The van der Waals surface area contributed by atoms with Gasteiger partial charge >= 0.3 is 11.9 Å². The molecule has 1 aromatic carbocycles. The van der Waals surface area contributed by atoms with Crippen LogP contribution in [0.3, 0.4) is 0 Å². The average Bonchev–Trinajstić information content (AvgIpc) is 2.61. The minimum atomic E-state index is -1.43. The maximum Gasteiger partial charge on any atom is 0.336 e. The van der Waals surface area contributed by atoms with Crippen LogP contribution in [0.25, 0.3) is 0 Å². The zero-order chi connectivity index (χ0) is 17.7. The molecule has 2 rings (SSSR count). The summed E-state index contributed by atoms with van der Waals surface area (Å²) in [5.41, 5.74) is 0.274. The molecule has 0 N–H and O–H groups in total. The number of ether oxygens (including phenoxy) is 2. The number of carbonyl (C=O) groups excluding carboxylic acids is 4. The third-order valence-corrected chi connectivity index (χ3v) is 3.82. The molecular weight excluding hydrogens is 314 g/mol. The van der Waals surface area contributed by atoms with E-state index in [1.165, 1.54) is 7.11 Å². The highest BCUT2D eigenvalue weighted by molar-refractivity contribution is 6.10. The number of hydrogen-bond donors (Lipinski definition) is 0. The number of rotatable bonds is 4. The summed E-state index contributed by atoms with van der Waals surface area (Å²) in [7, 11) is 1.20. The van der Waals surface area contributed by atoms with Crippen molar-refractivity contribution in [1.29, 1.82) is 0 Å². The summed E-state index contributed by atoms with van der Waals surface area (Å²) in [5.74, 6) is -2.53. The average molecular weight is 333 g/mol. The van der Waals surface area contributed by atoms with Gasteiger partial charge in [0.25, 0.3) is 5.91 Å². The summed E-state index contributed by atoms with van der Waals surface area (Å²) in [6, 6.07) is 5.72. The topological polar surface area (TPSA) is 90.0 Å². The summed E-state index contributed by atoms with van der Waals surface area (Å²) >= 11 is 0. The van der Waals surface area contributed by atoms with Gasteiger partial charge in [-0.2, -0.15) is 0 Å². The number of piperidine rings is 1. The van der Waals surface area contributed by atoms with E-state index in [0.29, 0.717) is 0 Å². The first kappa shape index (κ1) is 17.7. The second-order valence-electron chi connectivity index (χ2n) is 5.28. The molecular formula is C17H19NO6. The van der Waals surface area contributed by atoms with Crippen LogP contribution in [0.1, 0.15) is 30.1 Å². The molecule has 1 saturated heterocycles. The van der Waals surface area contributed by atoms with E-state index in [1.807, 2.05) is 0 Å². The molecule has 1 amide bonds. The molecule has 2 atom stereocenters. The predicted molar refractivity (Wildman–Crippen MR) is 83.1 cm³/mol. The van der Waals surface area contributed by atoms with Gasteiger partial charge in [-0.25, -0.2) is 9.59 Å². The second-order valence-corrected chi connectivity index (χ2v) is 5.28. The van der Waals surface area contributed by atoms with Crippen LogP contribution >= 0.6 is 0 Å². The molecule has 1 aliphatic heterocycles. The van der Waals surface area contributed by atoms with Crippen molar-refractivity contribution in [2.24, 2.45) is 0 Å².